The number of carbonyl (C=O) groups is 1. The standard InChI is InChI=1S/C13H14N2O/c1-2-9-5-10(12(15)16)7-11(6-9)13(8-14)3-4-13/h5-7H,2-4H2,1H3,(H2,15,16). The van der Waals surface area contributed by atoms with Gasteiger partial charge in [0.15, 0.2) is 0 Å². The Morgan fingerprint density at radius 2 is 2.19 bits per heavy atom. The minimum atomic E-state index is -0.426. The SMILES string of the molecule is CCc1cc(C(N)=O)cc(C2(C#N)CC2)c1. The van der Waals surface area contributed by atoms with Crippen molar-refractivity contribution in [2.45, 2.75) is 31.6 Å². The Morgan fingerprint density at radius 3 is 2.62 bits per heavy atom. The Balaban J connectivity index is 2.50. The Kier molecular flexibility index (Phi) is 2.43. The molecule has 0 heterocycles. The zero-order valence-electron chi connectivity index (χ0n) is 9.29. The van der Waals surface area contributed by atoms with E-state index in [0.717, 1.165) is 30.4 Å². The van der Waals surface area contributed by atoms with Crippen LogP contribution in [0.1, 0.15) is 41.3 Å². The van der Waals surface area contributed by atoms with E-state index in [-0.39, 0.29) is 5.41 Å². The van der Waals surface area contributed by atoms with E-state index in [9.17, 15) is 4.79 Å². The zero-order valence-corrected chi connectivity index (χ0v) is 9.29. The molecule has 1 saturated carbocycles. The van der Waals surface area contributed by atoms with Crippen LogP contribution in [0.4, 0.5) is 0 Å². The van der Waals surface area contributed by atoms with Crippen LogP contribution in [0.2, 0.25) is 0 Å². The molecule has 1 aromatic rings. The normalized spacial score (nSPS) is 16.5. The maximum Gasteiger partial charge on any atom is 0.248 e. The predicted octanol–water partition coefficient (Wildman–Crippen LogP) is 1.90. The first-order chi connectivity index (χ1) is 7.61. The Hall–Kier alpha value is -1.82. The molecule has 1 fully saturated rings. The molecule has 0 aliphatic heterocycles. The molecular weight excluding hydrogens is 200 g/mol. The summed E-state index contributed by atoms with van der Waals surface area (Å²) in [6, 6.07) is 7.92. The minimum absolute atomic E-state index is 0.352. The summed E-state index contributed by atoms with van der Waals surface area (Å²) in [5, 5.41) is 9.14. The van der Waals surface area contributed by atoms with E-state index < -0.39 is 5.91 Å². The van der Waals surface area contributed by atoms with Gasteiger partial charge in [-0.3, -0.25) is 4.79 Å². The molecule has 1 aliphatic rings. The fraction of sp³-hybridized carbons (Fsp3) is 0.385. The first-order valence-electron chi connectivity index (χ1n) is 5.47. The molecule has 0 spiro atoms. The number of rotatable bonds is 3. The second kappa shape index (κ2) is 3.64. The maximum absolute atomic E-state index is 11.2. The highest BCUT2D eigenvalue weighted by molar-refractivity contribution is 5.93. The Labute approximate surface area is 94.9 Å². The Bertz CT molecular complexity index is 481. The Morgan fingerprint density at radius 1 is 1.50 bits per heavy atom. The molecule has 0 saturated heterocycles. The van der Waals surface area contributed by atoms with Gasteiger partial charge >= 0.3 is 0 Å². The van der Waals surface area contributed by atoms with Crippen LogP contribution in [0.5, 0.6) is 0 Å². The molecule has 16 heavy (non-hydrogen) atoms. The van der Waals surface area contributed by atoms with Crippen LogP contribution in [0, 0.1) is 11.3 Å². The third kappa shape index (κ3) is 1.67. The number of nitrogens with two attached hydrogens (primary N) is 1. The molecule has 2 rings (SSSR count). The average molecular weight is 214 g/mol. The van der Waals surface area contributed by atoms with Crippen LogP contribution >= 0.6 is 0 Å². The summed E-state index contributed by atoms with van der Waals surface area (Å²) in [7, 11) is 0. The van der Waals surface area contributed by atoms with E-state index >= 15 is 0 Å². The first-order valence-corrected chi connectivity index (χ1v) is 5.47. The monoisotopic (exact) mass is 214 g/mol. The van der Waals surface area contributed by atoms with Gasteiger partial charge in [0.2, 0.25) is 5.91 Å². The molecule has 1 aromatic carbocycles. The van der Waals surface area contributed by atoms with Gasteiger partial charge in [-0.05, 0) is 42.5 Å². The molecule has 1 aliphatic carbocycles. The summed E-state index contributed by atoms with van der Waals surface area (Å²) in [6.45, 7) is 2.02. The fourth-order valence-corrected chi connectivity index (χ4v) is 1.90. The van der Waals surface area contributed by atoms with Crippen LogP contribution in [-0.2, 0) is 11.8 Å². The summed E-state index contributed by atoms with van der Waals surface area (Å²) >= 11 is 0. The lowest BCUT2D eigenvalue weighted by atomic mass is 9.93. The second-order valence-electron chi connectivity index (χ2n) is 4.33. The molecule has 0 aromatic heterocycles. The van der Waals surface area contributed by atoms with Gasteiger partial charge in [0, 0.05) is 5.56 Å². The molecule has 0 radical (unpaired) electrons. The third-order valence-corrected chi connectivity index (χ3v) is 3.20. The van der Waals surface area contributed by atoms with Crippen molar-refractivity contribution in [3.63, 3.8) is 0 Å². The van der Waals surface area contributed by atoms with Crippen molar-refractivity contribution in [2.24, 2.45) is 5.73 Å². The van der Waals surface area contributed by atoms with E-state index in [2.05, 4.69) is 6.07 Å². The van der Waals surface area contributed by atoms with Gasteiger partial charge in [-0.2, -0.15) is 5.26 Å². The molecule has 3 heteroatoms. The van der Waals surface area contributed by atoms with E-state index in [0.29, 0.717) is 5.56 Å². The first kappa shape index (κ1) is 10.7. The van der Waals surface area contributed by atoms with Crippen molar-refractivity contribution in [3.05, 3.63) is 34.9 Å². The number of hydrogen-bond donors (Lipinski definition) is 1. The van der Waals surface area contributed by atoms with Crippen LogP contribution < -0.4 is 5.73 Å². The minimum Gasteiger partial charge on any atom is -0.366 e. The van der Waals surface area contributed by atoms with Crippen molar-refractivity contribution in [2.75, 3.05) is 0 Å². The quantitative estimate of drug-likeness (QED) is 0.835. The van der Waals surface area contributed by atoms with Crippen LogP contribution in [0.3, 0.4) is 0 Å². The van der Waals surface area contributed by atoms with Crippen LogP contribution in [0.15, 0.2) is 18.2 Å². The van der Waals surface area contributed by atoms with Crippen molar-refractivity contribution < 1.29 is 4.79 Å². The number of nitriles is 1. The maximum atomic E-state index is 11.2. The van der Waals surface area contributed by atoms with Gasteiger partial charge in [0.05, 0.1) is 11.5 Å². The number of hydrogen-bond acceptors (Lipinski definition) is 2. The molecule has 2 N–H and O–H groups in total. The van der Waals surface area contributed by atoms with Crippen molar-refractivity contribution in [3.8, 4) is 6.07 Å². The number of carbonyl (C=O) groups excluding carboxylic acids is 1. The number of benzene rings is 1. The molecule has 3 nitrogen and oxygen atoms in total. The lowest BCUT2D eigenvalue weighted by molar-refractivity contribution is 0.1000. The van der Waals surface area contributed by atoms with Crippen molar-refractivity contribution in [1.82, 2.24) is 0 Å². The largest absolute Gasteiger partial charge is 0.366 e. The van der Waals surface area contributed by atoms with Gasteiger partial charge in [-0.1, -0.05) is 13.0 Å². The van der Waals surface area contributed by atoms with E-state index in [1.54, 1.807) is 12.1 Å². The number of primary amides is 1. The summed E-state index contributed by atoms with van der Waals surface area (Å²) in [4.78, 5) is 11.2. The van der Waals surface area contributed by atoms with Crippen LogP contribution in [-0.4, -0.2) is 5.91 Å². The van der Waals surface area contributed by atoms with Crippen LogP contribution in [0.25, 0.3) is 0 Å². The topological polar surface area (TPSA) is 66.9 Å². The summed E-state index contributed by atoms with van der Waals surface area (Å²) in [5.74, 6) is -0.426. The summed E-state index contributed by atoms with van der Waals surface area (Å²) in [5.41, 5.74) is 7.46. The smallest absolute Gasteiger partial charge is 0.248 e. The van der Waals surface area contributed by atoms with E-state index in [1.165, 1.54) is 0 Å². The average Bonchev–Trinajstić information content (AvgIpc) is 3.09. The lowest BCUT2D eigenvalue weighted by Crippen LogP contribution is -2.13. The molecular formula is C13H14N2O. The molecule has 82 valence electrons. The second-order valence-corrected chi connectivity index (χ2v) is 4.33. The third-order valence-electron chi connectivity index (χ3n) is 3.20. The van der Waals surface area contributed by atoms with Gasteiger partial charge < -0.3 is 5.73 Å². The highest BCUT2D eigenvalue weighted by Gasteiger charge is 2.45. The summed E-state index contributed by atoms with van der Waals surface area (Å²) in [6.07, 6.45) is 2.61. The predicted molar refractivity (Wildman–Crippen MR) is 60.9 cm³/mol. The molecule has 1 amide bonds. The number of aryl methyl sites for hydroxylation is 1. The van der Waals surface area contributed by atoms with Gasteiger partial charge in [-0.25, -0.2) is 0 Å². The van der Waals surface area contributed by atoms with Crippen molar-refractivity contribution >= 4 is 5.91 Å². The van der Waals surface area contributed by atoms with Gasteiger partial charge in [-0.15, -0.1) is 0 Å². The number of nitrogens with zero attached hydrogens (tertiary/aromatic N) is 1. The highest BCUT2D eigenvalue weighted by atomic mass is 16.1. The van der Waals surface area contributed by atoms with Gasteiger partial charge in [0.25, 0.3) is 0 Å². The lowest BCUT2D eigenvalue weighted by Gasteiger charge is -2.10. The zero-order chi connectivity index (χ0) is 11.8. The van der Waals surface area contributed by atoms with E-state index in [1.807, 2.05) is 13.0 Å². The molecule has 0 bridgehead atoms. The molecule has 0 atom stereocenters. The number of amides is 1. The van der Waals surface area contributed by atoms with Gasteiger partial charge in [0.1, 0.15) is 0 Å². The summed E-state index contributed by atoms with van der Waals surface area (Å²) < 4.78 is 0. The fourth-order valence-electron chi connectivity index (χ4n) is 1.90. The van der Waals surface area contributed by atoms with E-state index in [4.69, 9.17) is 11.0 Å². The van der Waals surface area contributed by atoms with Crippen molar-refractivity contribution in [1.29, 1.82) is 5.26 Å². The molecule has 0 unspecified atom stereocenters. The highest BCUT2D eigenvalue weighted by Crippen LogP contribution is 2.47.